The number of rotatable bonds is 7. The average molecular weight is 418 g/mol. The predicted octanol–water partition coefficient (Wildman–Crippen LogP) is 4.22. The van der Waals surface area contributed by atoms with Crippen LogP contribution in [0, 0.1) is 10.1 Å². The summed E-state index contributed by atoms with van der Waals surface area (Å²) in [5, 5.41) is 13.7. The van der Waals surface area contributed by atoms with Crippen LogP contribution in [0.2, 0.25) is 5.02 Å². The fraction of sp³-hybridized carbons (Fsp3) is 0.235. The number of nitrogens with one attached hydrogen (secondary N) is 1. The third-order valence-corrected chi connectivity index (χ3v) is 3.83. The smallest absolute Gasteiger partial charge is 0.406 e. The molecule has 0 aliphatic carbocycles. The van der Waals surface area contributed by atoms with Crippen molar-refractivity contribution < 1.29 is 27.6 Å². The van der Waals surface area contributed by atoms with Crippen LogP contribution in [0.5, 0.6) is 5.75 Å². The number of halogens is 4. The summed E-state index contributed by atoms with van der Waals surface area (Å²) in [5.74, 6) is -0.823. The Labute approximate surface area is 162 Å². The van der Waals surface area contributed by atoms with Crippen LogP contribution in [-0.4, -0.2) is 35.7 Å². The normalized spacial score (nSPS) is 11.4. The summed E-state index contributed by atoms with van der Waals surface area (Å²) in [4.78, 5) is 24.0. The van der Waals surface area contributed by atoms with Gasteiger partial charge in [0, 0.05) is 29.4 Å². The summed E-state index contributed by atoms with van der Waals surface area (Å²) >= 11 is 6.03. The fourth-order valence-electron chi connectivity index (χ4n) is 2.33. The van der Waals surface area contributed by atoms with E-state index in [2.05, 4.69) is 10.1 Å². The van der Waals surface area contributed by atoms with Crippen molar-refractivity contribution in [3.8, 4) is 5.75 Å². The van der Waals surface area contributed by atoms with Gasteiger partial charge in [0.05, 0.1) is 11.5 Å². The van der Waals surface area contributed by atoms with Crippen molar-refractivity contribution in [2.24, 2.45) is 0 Å². The summed E-state index contributed by atoms with van der Waals surface area (Å²) in [7, 11) is 1.62. The summed E-state index contributed by atoms with van der Waals surface area (Å²) in [5.41, 5.74) is 0.666. The highest BCUT2D eigenvalue weighted by atomic mass is 35.5. The summed E-state index contributed by atoms with van der Waals surface area (Å²) < 4.78 is 40.1. The maximum atomic E-state index is 12.1. The number of carbonyl (C=O) groups excluding carboxylic acids is 1. The van der Waals surface area contributed by atoms with Crippen LogP contribution in [0.3, 0.4) is 0 Å². The zero-order valence-electron chi connectivity index (χ0n) is 14.5. The Morgan fingerprint density at radius 2 is 1.89 bits per heavy atom. The molecule has 0 heterocycles. The minimum absolute atomic E-state index is 0.0696. The van der Waals surface area contributed by atoms with Crippen LogP contribution < -0.4 is 10.1 Å². The van der Waals surface area contributed by atoms with E-state index in [-0.39, 0.29) is 18.8 Å². The van der Waals surface area contributed by atoms with Gasteiger partial charge >= 0.3 is 6.36 Å². The molecule has 2 aromatic carbocycles. The van der Waals surface area contributed by atoms with Gasteiger partial charge in [-0.3, -0.25) is 19.8 Å². The van der Waals surface area contributed by atoms with Gasteiger partial charge in [0.15, 0.2) is 0 Å². The maximum absolute atomic E-state index is 12.1. The van der Waals surface area contributed by atoms with Crippen LogP contribution in [0.15, 0.2) is 42.5 Å². The number of ether oxygens (including phenoxy) is 1. The second-order valence-corrected chi connectivity index (χ2v) is 6.23. The second kappa shape index (κ2) is 8.89. The maximum Gasteiger partial charge on any atom is 0.573 e. The van der Waals surface area contributed by atoms with Crippen LogP contribution >= 0.6 is 11.6 Å². The molecule has 7 nitrogen and oxygen atoms in total. The largest absolute Gasteiger partial charge is 0.573 e. The van der Waals surface area contributed by atoms with Gasteiger partial charge < -0.3 is 10.1 Å². The monoisotopic (exact) mass is 417 g/mol. The molecule has 0 aromatic heterocycles. The van der Waals surface area contributed by atoms with Crippen LogP contribution in [0.25, 0.3) is 0 Å². The molecule has 11 heteroatoms. The molecule has 0 spiro atoms. The molecule has 1 N–H and O–H groups in total. The van der Waals surface area contributed by atoms with Gasteiger partial charge in [-0.05, 0) is 42.9 Å². The third kappa shape index (κ3) is 6.71. The molecule has 0 fully saturated rings. The molecular weight excluding hydrogens is 403 g/mol. The highest BCUT2D eigenvalue weighted by molar-refractivity contribution is 6.31. The average Bonchev–Trinajstić information content (AvgIpc) is 2.57. The van der Waals surface area contributed by atoms with E-state index < -0.39 is 22.9 Å². The Morgan fingerprint density at radius 3 is 2.46 bits per heavy atom. The van der Waals surface area contributed by atoms with E-state index in [1.807, 2.05) is 0 Å². The number of anilines is 1. The molecule has 2 aromatic rings. The standard InChI is InChI=1S/C17H15ClF3N3O4/c1-23(9-11-8-13(24(26)27)4-7-15(11)18)10-16(25)22-12-2-5-14(6-3-12)28-17(19,20)21/h2-8H,9-10H2,1H3,(H,22,25). The van der Waals surface area contributed by atoms with Crippen molar-refractivity contribution >= 4 is 28.9 Å². The first kappa shape index (κ1) is 21.5. The first-order valence-corrected chi connectivity index (χ1v) is 8.18. The minimum Gasteiger partial charge on any atom is -0.406 e. The number of hydrogen-bond donors (Lipinski definition) is 1. The minimum atomic E-state index is -4.79. The molecule has 0 bridgehead atoms. The molecule has 0 saturated heterocycles. The topological polar surface area (TPSA) is 84.7 Å². The number of nitro benzene ring substituents is 1. The highest BCUT2D eigenvalue weighted by Gasteiger charge is 2.30. The van der Waals surface area contributed by atoms with E-state index in [0.29, 0.717) is 16.3 Å². The van der Waals surface area contributed by atoms with Crippen LogP contribution in [0.4, 0.5) is 24.5 Å². The Morgan fingerprint density at radius 1 is 1.25 bits per heavy atom. The molecule has 0 unspecified atom stereocenters. The van der Waals surface area contributed by atoms with Crippen molar-refractivity contribution in [1.82, 2.24) is 4.90 Å². The number of hydrogen-bond acceptors (Lipinski definition) is 5. The number of carbonyl (C=O) groups is 1. The van der Waals surface area contributed by atoms with Crippen LogP contribution in [-0.2, 0) is 11.3 Å². The quantitative estimate of drug-likeness (QED) is 0.538. The van der Waals surface area contributed by atoms with E-state index >= 15 is 0 Å². The van der Waals surface area contributed by atoms with E-state index in [1.54, 1.807) is 11.9 Å². The van der Waals surface area contributed by atoms with Crippen LogP contribution in [0.1, 0.15) is 5.56 Å². The van der Waals surface area contributed by atoms with Crippen molar-refractivity contribution in [2.45, 2.75) is 12.9 Å². The molecule has 1 amide bonds. The molecule has 0 radical (unpaired) electrons. The van der Waals surface area contributed by atoms with E-state index in [4.69, 9.17) is 11.6 Å². The van der Waals surface area contributed by atoms with Gasteiger partial charge in [-0.1, -0.05) is 11.6 Å². The van der Waals surface area contributed by atoms with Gasteiger partial charge in [0.25, 0.3) is 5.69 Å². The first-order valence-electron chi connectivity index (χ1n) is 7.80. The number of benzene rings is 2. The van der Waals surface area contributed by atoms with Gasteiger partial charge in [0.2, 0.25) is 5.91 Å². The van der Waals surface area contributed by atoms with E-state index in [1.165, 1.54) is 30.3 Å². The van der Waals surface area contributed by atoms with Crippen molar-refractivity contribution in [3.05, 3.63) is 63.2 Å². The lowest BCUT2D eigenvalue weighted by molar-refractivity contribution is -0.384. The molecule has 0 aliphatic rings. The molecule has 150 valence electrons. The third-order valence-electron chi connectivity index (χ3n) is 3.47. The molecule has 0 saturated carbocycles. The zero-order chi connectivity index (χ0) is 20.9. The lowest BCUT2D eigenvalue weighted by Crippen LogP contribution is -2.30. The van der Waals surface area contributed by atoms with Crippen molar-refractivity contribution in [3.63, 3.8) is 0 Å². The lowest BCUT2D eigenvalue weighted by Gasteiger charge is -2.17. The summed E-state index contributed by atoms with van der Waals surface area (Å²) in [6.07, 6.45) is -4.79. The predicted molar refractivity (Wildman–Crippen MR) is 96.2 cm³/mol. The molecule has 0 aliphatic heterocycles. The lowest BCUT2D eigenvalue weighted by atomic mass is 10.2. The Hall–Kier alpha value is -2.85. The fourth-order valence-corrected chi connectivity index (χ4v) is 2.51. The zero-order valence-corrected chi connectivity index (χ0v) is 15.3. The summed E-state index contributed by atoms with van der Waals surface area (Å²) in [6.45, 7) is 0.117. The molecular formula is C17H15ClF3N3O4. The second-order valence-electron chi connectivity index (χ2n) is 5.83. The Balaban J connectivity index is 1.92. The number of likely N-dealkylation sites (N-methyl/N-ethyl adjacent to an activating group) is 1. The van der Waals surface area contributed by atoms with Gasteiger partial charge in [-0.2, -0.15) is 0 Å². The van der Waals surface area contributed by atoms with Crippen molar-refractivity contribution in [1.29, 1.82) is 0 Å². The first-order chi connectivity index (χ1) is 13.0. The van der Waals surface area contributed by atoms with E-state index in [9.17, 15) is 28.1 Å². The number of amides is 1. The molecule has 28 heavy (non-hydrogen) atoms. The highest BCUT2D eigenvalue weighted by Crippen LogP contribution is 2.24. The number of nitro groups is 1. The molecule has 2 rings (SSSR count). The van der Waals surface area contributed by atoms with Gasteiger partial charge in [-0.25, -0.2) is 0 Å². The van der Waals surface area contributed by atoms with Crippen molar-refractivity contribution in [2.75, 3.05) is 18.9 Å². The number of alkyl halides is 3. The number of non-ortho nitro benzene ring substituents is 1. The van der Waals surface area contributed by atoms with Gasteiger partial charge in [0.1, 0.15) is 5.75 Å². The Kier molecular flexibility index (Phi) is 6.81. The number of nitrogens with zero attached hydrogens (tertiary/aromatic N) is 2. The summed E-state index contributed by atoms with van der Waals surface area (Å²) in [6, 6.07) is 8.73. The Bertz CT molecular complexity index is 860. The van der Waals surface area contributed by atoms with Gasteiger partial charge in [-0.15, -0.1) is 13.2 Å². The SMILES string of the molecule is CN(CC(=O)Nc1ccc(OC(F)(F)F)cc1)Cc1cc([N+](=O)[O-])ccc1Cl. The molecule has 0 atom stereocenters. The van der Waals surface area contributed by atoms with E-state index in [0.717, 1.165) is 12.1 Å².